The molecule has 0 aromatic heterocycles. The van der Waals surface area contributed by atoms with Gasteiger partial charge < -0.3 is 0 Å². The summed E-state index contributed by atoms with van der Waals surface area (Å²) in [5.74, 6) is 0. The molecule has 6 aromatic carbocycles. The van der Waals surface area contributed by atoms with E-state index in [1.807, 2.05) is 142 Å². The van der Waals surface area contributed by atoms with E-state index in [4.69, 9.17) is 0 Å². The molecule has 0 radical (unpaired) electrons. The first-order chi connectivity index (χ1) is 24.2. The smallest absolute Gasteiger partial charge is 0.0683 e. The van der Waals surface area contributed by atoms with Crippen LogP contribution < -0.4 is 0 Å². The third kappa shape index (κ3) is 9.70. The minimum Gasteiger partial charge on any atom is -0.0683 e. The van der Waals surface area contributed by atoms with E-state index in [-0.39, 0.29) is 5.41 Å². The van der Waals surface area contributed by atoms with Crippen LogP contribution in [0.3, 0.4) is 0 Å². The maximum atomic E-state index is 2.41. The molecule has 0 amide bonds. The summed E-state index contributed by atoms with van der Waals surface area (Å²) in [5, 5.41) is 0. The minimum absolute atomic E-state index is 0.199. The molecule has 0 unspecified atom stereocenters. The number of hydrogen-bond donors (Lipinski definition) is 0. The van der Waals surface area contributed by atoms with Gasteiger partial charge in [0.2, 0.25) is 0 Å². The summed E-state index contributed by atoms with van der Waals surface area (Å²) in [6.07, 6.45) is 0. The number of aryl methyl sites for hydroxylation is 2. The molecule has 0 heterocycles. The van der Waals surface area contributed by atoms with E-state index in [0.717, 1.165) is 0 Å². The second-order valence-electron chi connectivity index (χ2n) is 10.2. The van der Waals surface area contributed by atoms with E-state index in [2.05, 4.69) is 98.8 Å². The van der Waals surface area contributed by atoms with Crippen molar-refractivity contribution in [2.24, 2.45) is 0 Å². The van der Waals surface area contributed by atoms with E-state index in [0.29, 0.717) is 0 Å². The molecule has 0 saturated carbocycles. The number of rotatable bonds is 0. The fourth-order valence-corrected chi connectivity index (χ4v) is 6.14. The maximum absolute atomic E-state index is 2.41. The summed E-state index contributed by atoms with van der Waals surface area (Å²) in [5.41, 5.74) is 13.6. The van der Waals surface area contributed by atoms with Gasteiger partial charge in [-0.05, 0) is 58.4 Å². The lowest BCUT2D eigenvalue weighted by atomic mass is 9.70. The molecule has 0 aliphatic heterocycles. The van der Waals surface area contributed by atoms with Crippen LogP contribution in [0.25, 0.3) is 22.3 Å². The lowest BCUT2D eigenvalue weighted by molar-refractivity contribution is 0.791. The van der Waals surface area contributed by atoms with Gasteiger partial charge in [0, 0.05) is 0 Å². The van der Waals surface area contributed by atoms with Crippen molar-refractivity contribution in [2.75, 3.05) is 0 Å². The van der Waals surface area contributed by atoms with Crippen LogP contribution in [-0.2, 0) is 5.41 Å². The number of fused-ring (bicyclic) bond motifs is 10. The zero-order valence-electron chi connectivity index (χ0n) is 32.5. The Hall–Kier alpha value is -4.68. The van der Waals surface area contributed by atoms with E-state index >= 15 is 0 Å². The molecule has 258 valence electrons. The van der Waals surface area contributed by atoms with Gasteiger partial charge in [-0.1, -0.05) is 238 Å². The van der Waals surface area contributed by atoms with Crippen LogP contribution in [0.4, 0.5) is 0 Å². The number of hydrogen-bond acceptors (Lipinski definition) is 0. The third-order valence-electron chi connectivity index (χ3n) is 7.73. The van der Waals surface area contributed by atoms with Gasteiger partial charge in [-0.3, -0.25) is 0 Å². The highest BCUT2D eigenvalue weighted by molar-refractivity contribution is 5.95. The third-order valence-corrected chi connectivity index (χ3v) is 7.73. The van der Waals surface area contributed by atoms with Crippen molar-refractivity contribution in [3.8, 4) is 22.3 Å². The lowest BCUT2D eigenvalue weighted by Gasteiger charge is -2.30. The molecule has 2 aliphatic carbocycles. The molecule has 0 nitrogen and oxygen atoms in total. The van der Waals surface area contributed by atoms with Crippen LogP contribution in [-0.4, -0.2) is 0 Å². The molecule has 0 heteroatoms. The normalized spacial score (nSPS) is 10.6. The Morgan fingerprint density at radius 1 is 0.265 bits per heavy atom. The molecule has 0 atom stereocenters. The summed E-state index contributed by atoms with van der Waals surface area (Å²) in [4.78, 5) is 0. The largest absolute Gasteiger partial charge is 0.0725 e. The van der Waals surface area contributed by atoms with Crippen molar-refractivity contribution >= 4 is 0 Å². The van der Waals surface area contributed by atoms with Crippen molar-refractivity contribution < 1.29 is 0 Å². The second-order valence-corrected chi connectivity index (χ2v) is 10.2. The average Bonchev–Trinajstić information content (AvgIpc) is 3.67. The summed E-state index contributed by atoms with van der Waals surface area (Å²) in [6, 6.07) is 55.9. The predicted octanol–water partition coefficient (Wildman–Crippen LogP) is 15.2. The quantitative estimate of drug-likeness (QED) is 0.153. The van der Waals surface area contributed by atoms with Crippen molar-refractivity contribution in [1.82, 2.24) is 0 Å². The average molecular weight is 651 g/mol. The molecule has 0 N–H and O–H groups in total. The van der Waals surface area contributed by atoms with E-state index in [9.17, 15) is 0 Å². The van der Waals surface area contributed by atoms with Crippen LogP contribution >= 0.6 is 0 Å². The topological polar surface area (TPSA) is 0 Å². The van der Waals surface area contributed by atoms with Crippen molar-refractivity contribution in [1.29, 1.82) is 0 Å². The highest BCUT2D eigenvalue weighted by Crippen LogP contribution is 2.62. The lowest BCUT2D eigenvalue weighted by Crippen LogP contribution is -2.26. The maximum Gasteiger partial charge on any atom is 0.0725 e. The zero-order chi connectivity index (χ0) is 36.7. The molecule has 2 aliphatic rings. The van der Waals surface area contributed by atoms with Crippen LogP contribution in [0.15, 0.2) is 158 Å². The SMILES string of the molecule is CC.CC.CC.CC.CC.Cc1ccc2c(c1)C1(c3ccccc3-c3ccccc31)c1cc(C)ccc1-2.c1ccccc1.c1ccccc1. The molecule has 0 saturated heterocycles. The van der Waals surface area contributed by atoms with Crippen LogP contribution in [0.5, 0.6) is 0 Å². The molecule has 6 aromatic rings. The Morgan fingerprint density at radius 2 is 0.510 bits per heavy atom. The molecular formula is C49H62. The van der Waals surface area contributed by atoms with Gasteiger partial charge in [-0.25, -0.2) is 0 Å². The summed E-state index contributed by atoms with van der Waals surface area (Å²) < 4.78 is 0. The monoisotopic (exact) mass is 650 g/mol. The minimum atomic E-state index is -0.199. The van der Waals surface area contributed by atoms with Crippen LogP contribution in [0.2, 0.25) is 0 Å². The van der Waals surface area contributed by atoms with Crippen molar-refractivity contribution in [3.63, 3.8) is 0 Å². The second kappa shape index (κ2) is 23.6. The van der Waals surface area contributed by atoms with Gasteiger partial charge in [0.25, 0.3) is 0 Å². The van der Waals surface area contributed by atoms with Gasteiger partial charge in [0.1, 0.15) is 0 Å². The zero-order valence-corrected chi connectivity index (χ0v) is 32.5. The molecular weight excluding hydrogens is 589 g/mol. The van der Waals surface area contributed by atoms with Gasteiger partial charge in [0.15, 0.2) is 0 Å². The fourth-order valence-electron chi connectivity index (χ4n) is 6.14. The first-order valence-corrected chi connectivity index (χ1v) is 18.6. The molecule has 0 fully saturated rings. The van der Waals surface area contributed by atoms with E-state index < -0.39 is 0 Å². The van der Waals surface area contributed by atoms with Gasteiger partial charge in [-0.15, -0.1) is 0 Å². The van der Waals surface area contributed by atoms with E-state index in [1.165, 1.54) is 55.6 Å². The highest BCUT2D eigenvalue weighted by atomic mass is 14.5. The van der Waals surface area contributed by atoms with Crippen LogP contribution in [0.1, 0.15) is 103 Å². The van der Waals surface area contributed by atoms with Crippen LogP contribution in [0, 0.1) is 13.8 Å². The Labute approximate surface area is 300 Å². The van der Waals surface area contributed by atoms with Gasteiger partial charge in [-0.2, -0.15) is 0 Å². The fraction of sp³-hybridized carbons (Fsp3) is 0.265. The van der Waals surface area contributed by atoms with Gasteiger partial charge in [0.05, 0.1) is 5.41 Å². The Bertz CT molecular complexity index is 1530. The first kappa shape index (κ1) is 42.3. The van der Waals surface area contributed by atoms with Crippen molar-refractivity contribution in [3.05, 3.63) is 191 Å². The summed E-state index contributed by atoms with van der Waals surface area (Å²) in [6.45, 7) is 24.4. The predicted molar refractivity (Wildman–Crippen MR) is 222 cm³/mol. The number of benzene rings is 6. The highest BCUT2D eigenvalue weighted by Gasteiger charge is 2.51. The molecule has 8 rings (SSSR count). The Kier molecular flexibility index (Phi) is 20.4. The van der Waals surface area contributed by atoms with Crippen molar-refractivity contribution in [2.45, 2.75) is 88.5 Å². The molecule has 1 spiro atoms. The summed E-state index contributed by atoms with van der Waals surface area (Å²) >= 11 is 0. The first-order valence-electron chi connectivity index (χ1n) is 18.6. The molecule has 49 heavy (non-hydrogen) atoms. The Balaban J connectivity index is 0.000000451. The van der Waals surface area contributed by atoms with Gasteiger partial charge >= 0.3 is 0 Å². The Morgan fingerprint density at radius 3 is 0.796 bits per heavy atom. The molecule has 0 bridgehead atoms. The van der Waals surface area contributed by atoms with E-state index in [1.54, 1.807) is 0 Å². The summed E-state index contributed by atoms with van der Waals surface area (Å²) in [7, 11) is 0. The standard InChI is InChI=1S/C27H20.2C6H6.5C2H6/c1-17-11-13-21-22-14-12-18(2)16-26(22)27(25(21)15-17)23-9-5-3-7-19(23)20-8-4-6-10-24(20)27;2*1-2-4-6-5-3-1;5*1-2/h3-16H,1-2H3;2*1-6H;5*1-2H3.